The predicted octanol–water partition coefficient (Wildman–Crippen LogP) is -5.68. The normalized spacial score (nSPS) is 25.1. The Hall–Kier alpha value is -1.85. The van der Waals surface area contributed by atoms with Crippen LogP contribution in [-0.4, -0.2) is 131 Å². The lowest BCUT2D eigenvalue weighted by atomic mass is 10.1. The first-order valence-corrected chi connectivity index (χ1v) is 15.3. The minimum absolute atomic E-state index is 0.0555. The number of nitrogens with two attached hydrogens (primary N) is 1. The van der Waals surface area contributed by atoms with Crippen LogP contribution < -0.4 is 11.3 Å². The molecule has 3 rings (SSSR count). The van der Waals surface area contributed by atoms with Crippen LogP contribution in [0.25, 0.3) is 11.2 Å². The van der Waals surface area contributed by atoms with Gasteiger partial charge in [0.1, 0.15) is 36.0 Å². The van der Waals surface area contributed by atoms with Crippen LogP contribution in [-0.2, 0) is 32.1 Å². The first-order valence-electron chi connectivity index (χ1n) is 10.6. The lowest BCUT2D eigenvalue weighted by Crippen LogP contribution is -2.41. The molecule has 0 bridgehead atoms. The number of aliphatic hydroxyl groups excluding tert-OH is 6. The molecule has 13 N–H and O–H groups in total. The van der Waals surface area contributed by atoms with Gasteiger partial charge in [-0.05, 0) is 0 Å². The van der Waals surface area contributed by atoms with Crippen LogP contribution in [0.1, 0.15) is 6.23 Å². The van der Waals surface area contributed by atoms with Crippen molar-refractivity contribution in [1.82, 2.24) is 19.5 Å². The molecular weight excluding hydrogens is 631 g/mol. The molecule has 0 radical (unpaired) electrons. The monoisotopic (exact) mass is 657 g/mol. The summed E-state index contributed by atoms with van der Waals surface area (Å²) in [4.78, 5) is 65.4. The molecule has 234 valence electrons. The summed E-state index contributed by atoms with van der Waals surface area (Å²) in [5.74, 6) is -0.251. The van der Waals surface area contributed by atoms with E-state index in [9.17, 15) is 43.6 Å². The molecule has 1 unspecified atom stereocenters. The number of ether oxygens (including phenoxy) is 1. The van der Waals surface area contributed by atoms with Gasteiger partial charge in [-0.25, -0.2) is 24.1 Å². The molecule has 0 aliphatic carbocycles. The molecule has 0 saturated carbocycles. The molecule has 23 nitrogen and oxygen atoms in total. The number of aldehydes is 1. The summed E-state index contributed by atoms with van der Waals surface area (Å²) in [5.41, 5.74) is 4.80. The molecular formula is C15H26N5O18P3. The number of phosphoric acid groups is 2. The molecule has 2 aromatic heterocycles. The number of phosphoric ester groups is 1. The van der Waals surface area contributed by atoms with Crippen molar-refractivity contribution in [3.05, 3.63) is 6.33 Å². The molecule has 8 atom stereocenters. The van der Waals surface area contributed by atoms with E-state index in [0.717, 1.165) is 4.57 Å². The van der Waals surface area contributed by atoms with E-state index in [0.29, 0.717) is 0 Å². The summed E-state index contributed by atoms with van der Waals surface area (Å²) in [5, 5.41) is 55.5. The number of nitrogens with zero attached hydrogens (tertiary/aromatic N) is 4. The van der Waals surface area contributed by atoms with Crippen molar-refractivity contribution in [3.63, 3.8) is 0 Å². The Kier molecular flexibility index (Phi) is 11.8. The zero-order chi connectivity index (χ0) is 31.5. The van der Waals surface area contributed by atoms with E-state index in [2.05, 4.69) is 23.8 Å². The highest BCUT2D eigenvalue weighted by atomic mass is 31.3. The van der Waals surface area contributed by atoms with Crippen molar-refractivity contribution in [3.8, 4) is 0 Å². The average Bonchev–Trinajstić information content (AvgIpc) is 3.40. The molecule has 1 aliphatic heterocycles. The van der Waals surface area contributed by atoms with Crippen LogP contribution in [0.15, 0.2) is 6.33 Å². The first kappa shape index (κ1) is 35.3. The van der Waals surface area contributed by atoms with Crippen molar-refractivity contribution in [2.24, 2.45) is 0 Å². The average molecular weight is 657 g/mol. The molecule has 3 heterocycles. The van der Waals surface area contributed by atoms with Gasteiger partial charge in [-0.2, -0.15) is 4.31 Å². The van der Waals surface area contributed by atoms with Crippen LogP contribution in [0.5, 0.6) is 0 Å². The third kappa shape index (κ3) is 9.07. The first-order chi connectivity index (χ1) is 18.8. The Morgan fingerprint density at radius 2 is 1.68 bits per heavy atom. The maximum Gasteiger partial charge on any atom is 0.481 e. The zero-order valence-corrected chi connectivity index (χ0v) is 22.8. The van der Waals surface area contributed by atoms with Crippen molar-refractivity contribution in [2.45, 2.75) is 42.9 Å². The van der Waals surface area contributed by atoms with Crippen molar-refractivity contribution in [2.75, 3.05) is 18.9 Å². The van der Waals surface area contributed by atoms with Crippen LogP contribution in [0.4, 0.5) is 5.82 Å². The minimum atomic E-state index is -5.36. The van der Waals surface area contributed by atoms with Gasteiger partial charge in [0.2, 0.25) is 5.57 Å². The highest BCUT2D eigenvalue weighted by Gasteiger charge is 2.44. The van der Waals surface area contributed by atoms with Gasteiger partial charge in [0.25, 0.3) is 0 Å². The molecule has 0 aromatic carbocycles. The summed E-state index contributed by atoms with van der Waals surface area (Å²) in [6.45, 7) is -1.50. The second-order valence-electron chi connectivity index (χ2n) is 7.99. The second-order valence-corrected chi connectivity index (χ2v) is 12.3. The Labute approximate surface area is 227 Å². The zero-order valence-electron chi connectivity index (χ0n) is 20.1. The molecule has 41 heavy (non-hydrogen) atoms. The summed E-state index contributed by atoms with van der Waals surface area (Å²) in [6.07, 6.45) is -10.0. The number of rotatable bonds is 11. The van der Waals surface area contributed by atoms with E-state index in [1.165, 1.54) is 6.33 Å². The quantitative estimate of drug-likeness (QED) is 0.0791. The van der Waals surface area contributed by atoms with Crippen molar-refractivity contribution < 1.29 is 87.2 Å². The van der Waals surface area contributed by atoms with Crippen LogP contribution in [0, 0.1) is 0 Å². The number of anilines is 1. The highest BCUT2D eigenvalue weighted by Crippen LogP contribution is 2.58. The maximum atomic E-state index is 11.3. The third-order valence-electron chi connectivity index (χ3n) is 5.00. The number of hydrogen-bond donors (Lipinski definition) is 12. The number of nitrogen functional groups attached to an aromatic ring is 1. The maximum absolute atomic E-state index is 11.3. The third-order valence-corrected chi connectivity index (χ3v) is 7.91. The van der Waals surface area contributed by atoms with Gasteiger partial charge in [-0.1, -0.05) is 0 Å². The molecule has 1 saturated heterocycles. The predicted molar refractivity (Wildman–Crippen MR) is 127 cm³/mol. The molecule has 1 aliphatic rings. The largest absolute Gasteiger partial charge is 0.481 e. The molecule has 1 fully saturated rings. The summed E-state index contributed by atoms with van der Waals surface area (Å²) >= 11 is 0. The van der Waals surface area contributed by atoms with Gasteiger partial charge in [0.15, 0.2) is 30.1 Å². The Morgan fingerprint density at radius 1 is 1.07 bits per heavy atom. The van der Waals surface area contributed by atoms with Gasteiger partial charge >= 0.3 is 23.2 Å². The van der Waals surface area contributed by atoms with E-state index in [4.69, 9.17) is 40.5 Å². The Balaban J connectivity index is 0.000000298. The number of aromatic nitrogens is 4. The van der Waals surface area contributed by atoms with Crippen LogP contribution in [0.2, 0.25) is 0 Å². The second kappa shape index (κ2) is 13.6. The summed E-state index contributed by atoms with van der Waals surface area (Å²) in [6, 6.07) is 0. The number of fused-ring (bicyclic) bond motifs is 1. The SMILES string of the molecule is Nc1nc(P(=O)(O)O)nc2c1ncn2[C@@H]1O[C@H](CO)[C@@H](O)[C@H]1O.O=C[C@H](OP(=O)(O)OP(=O)(O)O)[C@H](O)[C@H](O)CO. The van der Waals surface area contributed by atoms with Crippen LogP contribution >= 0.6 is 23.2 Å². The van der Waals surface area contributed by atoms with Gasteiger partial charge in [0, 0.05) is 0 Å². The van der Waals surface area contributed by atoms with Crippen LogP contribution in [0.3, 0.4) is 0 Å². The van der Waals surface area contributed by atoms with Gasteiger partial charge in [-0.3, -0.25) is 13.7 Å². The number of carbonyl (C=O) groups excluding carboxylic acids is 1. The number of carbonyl (C=O) groups is 1. The minimum Gasteiger partial charge on any atom is -0.394 e. The topological polar surface area (TPSA) is 388 Å². The van der Waals surface area contributed by atoms with Crippen molar-refractivity contribution in [1.29, 1.82) is 0 Å². The van der Waals surface area contributed by atoms with E-state index in [-0.39, 0.29) is 23.3 Å². The number of imidazole rings is 1. The van der Waals surface area contributed by atoms with Gasteiger partial charge in [-0.15, -0.1) is 0 Å². The Morgan fingerprint density at radius 3 is 2.15 bits per heavy atom. The fourth-order valence-electron chi connectivity index (χ4n) is 3.15. The molecule has 0 spiro atoms. The number of hydrogen-bond acceptors (Lipinski definition) is 17. The van der Waals surface area contributed by atoms with E-state index >= 15 is 0 Å². The molecule has 2 aromatic rings. The molecule has 0 amide bonds. The fourth-order valence-corrected chi connectivity index (χ4v) is 5.33. The number of aliphatic hydroxyl groups is 6. The summed E-state index contributed by atoms with van der Waals surface area (Å²) in [7, 11) is -15.5. The van der Waals surface area contributed by atoms with E-state index in [1.807, 2.05) is 0 Å². The fraction of sp³-hybridized carbons (Fsp3) is 0.600. The Bertz CT molecular complexity index is 1350. The summed E-state index contributed by atoms with van der Waals surface area (Å²) < 4.78 is 46.5. The lowest BCUT2D eigenvalue weighted by Gasteiger charge is -2.23. The molecule has 26 heteroatoms. The standard InChI is InChI=1S/C10H14N5O7P.C5H12O11P2/c11-7-4-8(14-10(13-7)23(19,20)21)15(2-12-4)9-6(18)5(17)3(1-16)22-9;6-1-3(8)5(9)4(2-7)15-18(13,14)16-17(10,11)12/h2-3,5-6,9,16-18H,1H2,(H2,11,13,14)(H2,19,20,21);2-6,8-9H,1H2,(H,13,14)(H2,10,11,12)/t3-,5-,6-,9-;3-,4+,5-/m11/s1. The van der Waals surface area contributed by atoms with Gasteiger partial charge < -0.3 is 70.4 Å². The van der Waals surface area contributed by atoms with Crippen molar-refractivity contribution >= 4 is 52.1 Å². The highest BCUT2D eigenvalue weighted by molar-refractivity contribution is 7.60. The lowest BCUT2D eigenvalue weighted by molar-refractivity contribution is -0.126. The van der Waals surface area contributed by atoms with Gasteiger partial charge in [0.05, 0.1) is 19.5 Å². The van der Waals surface area contributed by atoms with E-state index in [1.54, 1.807) is 0 Å². The smallest absolute Gasteiger partial charge is 0.394 e. The van der Waals surface area contributed by atoms with E-state index < -0.39 is 84.9 Å².